The molecule has 3 aromatic carbocycles. The smallest absolute Gasteiger partial charge is 0.295 e. The Kier molecular flexibility index (Phi) is 8.09. The van der Waals surface area contributed by atoms with Gasteiger partial charge in [0.15, 0.2) is 0 Å². The number of hydrogen-bond acceptors (Lipinski definition) is 5. The van der Waals surface area contributed by atoms with Gasteiger partial charge in [-0.3, -0.25) is 9.59 Å². The fourth-order valence-corrected chi connectivity index (χ4v) is 4.60. The zero-order chi connectivity index (χ0) is 26.5. The van der Waals surface area contributed by atoms with Gasteiger partial charge in [0.25, 0.3) is 11.7 Å². The molecule has 3 aromatic rings. The molecule has 0 aromatic heterocycles. The van der Waals surface area contributed by atoms with Gasteiger partial charge in [-0.05, 0) is 76.3 Å². The highest BCUT2D eigenvalue weighted by Gasteiger charge is 2.45. The van der Waals surface area contributed by atoms with Crippen molar-refractivity contribution >= 4 is 17.4 Å². The van der Waals surface area contributed by atoms with E-state index in [1.807, 2.05) is 75.3 Å². The second kappa shape index (κ2) is 11.4. The molecule has 0 bridgehead atoms. The van der Waals surface area contributed by atoms with Crippen LogP contribution in [0.1, 0.15) is 40.3 Å². The third-order valence-corrected chi connectivity index (χ3v) is 6.55. The van der Waals surface area contributed by atoms with Crippen molar-refractivity contribution in [3.63, 3.8) is 0 Å². The molecule has 37 heavy (non-hydrogen) atoms. The van der Waals surface area contributed by atoms with E-state index in [1.54, 1.807) is 29.2 Å². The topological polar surface area (TPSA) is 70.1 Å². The molecule has 1 heterocycles. The number of Topliss-reactive ketones (excluding diaryl/α,β-unsaturated/α-hetero) is 1. The molecule has 4 rings (SSSR count). The van der Waals surface area contributed by atoms with Gasteiger partial charge in [0.05, 0.1) is 11.6 Å². The monoisotopic (exact) mass is 498 g/mol. The molecule has 0 saturated carbocycles. The van der Waals surface area contributed by atoms with Gasteiger partial charge in [0.2, 0.25) is 0 Å². The number of carbonyl (C=O) groups excluding carboxylic acids is 2. The van der Waals surface area contributed by atoms with E-state index in [4.69, 9.17) is 4.74 Å². The Labute approximate surface area is 218 Å². The molecule has 0 spiro atoms. The van der Waals surface area contributed by atoms with Crippen LogP contribution >= 0.6 is 0 Å². The van der Waals surface area contributed by atoms with Crippen molar-refractivity contribution < 1.29 is 19.4 Å². The third-order valence-electron chi connectivity index (χ3n) is 6.55. The van der Waals surface area contributed by atoms with Gasteiger partial charge in [-0.25, -0.2) is 0 Å². The van der Waals surface area contributed by atoms with Crippen LogP contribution in [0.5, 0.6) is 5.75 Å². The quantitative estimate of drug-likeness (QED) is 0.248. The molecule has 1 atom stereocenters. The van der Waals surface area contributed by atoms with Gasteiger partial charge in [-0.2, -0.15) is 0 Å². The summed E-state index contributed by atoms with van der Waals surface area (Å²) in [6.07, 6.45) is 0.718. The average molecular weight is 499 g/mol. The van der Waals surface area contributed by atoms with Gasteiger partial charge >= 0.3 is 0 Å². The predicted octanol–water partition coefficient (Wildman–Crippen LogP) is 5.26. The molecule has 1 unspecified atom stereocenters. The summed E-state index contributed by atoms with van der Waals surface area (Å²) in [5.41, 5.74) is 4.70. The highest BCUT2D eigenvalue weighted by molar-refractivity contribution is 6.46. The number of likely N-dealkylation sites (tertiary alicyclic amines) is 1. The van der Waals surface area contributed by atoms with E-state index >= 15 is 0 Å². The van der Waals surface area contributed by atoms with Crippen LogP contribution in [0.4, 0.5) is 0 Å². The zero-order valence-electron chi connectivity index (χ0n) is 21.9. The number of hydrogen-bond donors (Lipinski definition) is 1. The van der Waals surface area contributed by atoms with Crippen LogP contribution in [0.2, 0.25) is 0 Å². The Morgan fingerprint density at radius 2 is 1.65 bits per heavy atom. The second-order valence-electron chi connectivity index (χ2n) is 9.86. The summed E-state index contributed by atoms with van der Waals surface area (Å²) in [5.74, 6) is -0.766. The van der Waals surface area contributed by atoms with Gasteiger partial charge < -0.3 is 19.6 Å². The maximum atomic E-state index is 13.2. The normalized spacial score (nSPS) is 17.0. The standard InChI is InChI=1S/C31H34N2O4/c1-21-9-11-24(12-10-21)28-27(30(35)31(36)33(28)18-6-17-32(3)4)29(34)25-13-15-26(16-14-25)37-20-23-8-5-7-22(2)19-23/h5,7-16,19,28,34H,6,17-18,20H2,1-4H3/b29-27-. The molecule has 1 saturated heterocycles. The van der Waals surface area contributed by atoms with Crippen LogP contribution in [0.15, 0.2) is 78.4 Å². The highest BCUT2D eigenvalue weighted by Crippen LogP contribution is 2.39. The third kappa shape index (κ3) is 6.09. The number of rotatable bonds is 9. The maximum absolute atomic E-state index is 13.2. The Morgan fingerprint density at radius 3 is 2.30 bits per heavy atom. The van der Waals surface area contributed by atoms with Crippen LogP contribution in [-0.2, 0) is 16.2 Å². The minimum Gasteiger partial charge on any atom is -0.507 e. The van der Waals surface area contributed by atoms with E-state index in [2.05, 4.69) is 6.07 Å². The first kappa shape index (κ1) is 26.2. The summed E-state index contributed by atoms with van der Waals surface area (Å²) in [6, 6.07) is 22.2. The molecule has 1 fully saturated rings. The van der Waals surface area contributed by atoms with Crippen LogP contribution < -0.4 is 4.74 Å². The lowest BCUT2D eigenvalue weighted by molar-refractivity contribution is -0.139. The van der Waals surface area contributed by atoms with Crippen LogP contribution in [0.25, 0.3) is 5.76 Å². The molecule has 192 valence electrons. The van der Waals surface area contributed by atoms with E-state index in [0.717, 1.165) is 29.7 Å². The van der Waals surface area contributed by atoms with Crippen molar-refractivity contribution in [2.24, 2.45) is 0 Å². The molecular formula is C31H34N2O4. The Bertz CT molecular complexity index is 1290. The summed E-state index contributed by atoms with van der Waals surface area (Å²) in [7, 11) is 3.94. The van der Waals surface area contributed by atoms with E-state index in [1.165, 1.54) is 5.56 Å². The minimum absolute atomic E-state index is 0.118. The first-order valence-electron chi connectivity index (χ1n) is 12.5. The Hall–Kier alpha value is -3.90. The van der Waals surface area contributed by atoms with Crippen molar-refractivity contribution in [2.45, 2.75) is 32.9 Å². The molecular weight excluding hydrogens is 464 g/mol. The summed E-state index contributed by atoms with van der Waals surface area (Å²) in [4.78, 5) is 29.9. The number of ketones is 1. The van der Waals surface area contributed by atoms with Gasteiger partial charge in [-0.1, -0.05) is 59.7 Å². The summed E-state index contributed by atoms with van der Waals surface area (Å²) in [5, 5.41) is 11.3. The first-order chi connectivity index (χ1) is 17.7. The molecule has 6 heteroatoms. The molecule has 0 aliphatic carbocycles. The van der Waals surface area contributed by atoms with Gasteiger partial charge in [0, 0.05) is 12.1 Å². The number of carbonyl (C=O) groups is 2. The lowest BCUT2D eigenvalue weighted by Crippen LogP contribution is -2.32. The molecule has 6 nitrogen and oxygen atoms in total. The van der Waals surface area contributed by atoms with Gasteiger partial charge in [0.1, 0.15) is 18.1 Å². The Balaban J connectivity index is 1.62. The lowest BCUT2D eigenvalue weighted by Gasteiger charge is -2.26. The summed E-state index contributed by atoms with van der Waals surface area (Å²) < 4.78 is 5.90. The summed E-state index contributed by atoms with van der Waals surface area (Å²) >= 11 is 0. The van der Waals surface area contributed by atoms with Crippen LogP contribution in [-0.4, -0.2) is 53.8 Å². The number of aryl methyl sites for hydroxylation is 2. The summed E-state index contributed by atoms with van der Waals surface area (Å²) in [6.45, 7) is 5.66. The van der Waals surface area contributed by atoms with Crippen molar-refractivity contribution in [1.82, 2.24) is 9.80 Å². The van der Waals surface area contributed by atoms with Crippen molar-refractivity contribution in [2.75, 3.05) is 27.2 Å². The van der Waals surface area contributed by atoms with E-state index in [0.29, 0.717) is 24.5 Å². The van der Waals surface area contributed by atoms with Crippen molar-refractivity contribution in [3.05, 3.63) is 106 Å². The minimum atomic E-state index is -0.660. The number of aliphatic hydroxyl groups excluding tert-OH is 1. The van der Waals surface area contributed by atoms with E-state index in [-0.39, 0.29) is 11.3 Å². The predicted molar refractivity (Wildman–Crippen MR) is 145 cm³/mol. The van der Waals surface area contributed by atoms with E-state index < -0.39 is 17.7 Å². The highest BCUT2D eigenvalue weighted by atomic mass is 16.5. The fourth-order valence-electron chi connectivity index (χ4n) is 4.60. The maximum Gasteiger partial charge on any atom is 0.295 e. The molecule has 1 aliphatic rings. The number of ether oxygens (including phenoxy) is 1. The number of amides is 1. The van der Waals surface area contributed by atoms with Crippen LogP contribution in [0.3, 0.4) is 0 Å². The average Bonchev–Trinajstić information content (AvgIpc) is 3.13. The SMILES string of the molecule is Cc1ccc(C2/C(=C(/O)c3ccc(OCc4cccc(C)c4)cc3)C(=O)C(=O)N2CCCN(C)C)cc1. The lowest BCUT2D eigenvalue weighted by atomic mass is 9.94. The first-order valence-corrected chi connectivity index (χ1v) is 12.5. The van der Waals surface area contributed by atoms with Crippen molar-refractivity contribution in [1.29, 1.82) is 0 Å². The van der Waals surface area contributed by atoms with Crippen LogP contribution in [0, 0.1) is 13.8 Å². The fraction of sp³-hybridized carbons (Fsp3) is 0.290. The van der Waals surface area contributed by atoms with Gasteiger partial charge in [-0.15, -0.1) is 0 Å². The van der Waals surface area contributed by atoms with E-state index in [9.17, 15) is 14.7 Å². The largest absolute Gasteiger partial charge is 0.507 e. The molecule has 1 amide bonds. The number of benzene rings is 3. The molecule has 1 N–H and O–H groups in total. The molecule has 0 radical (unpaired) electrons. The Morgan fingerprint density at radius 1 is 0.946 bits per heavy atom. The van der Waals surface area contributed by atoms with Crippen molar-refractivity contribution in [3.8, 4) is 5.75 Å². The number of nitrogens with zero attached hydrogens (tertiary/aromatic N) is 2. The second-order valence-corrected chi connectivity index (χ2v) is 9.86. The number of aliphatic hydroxyl groups is 1. The molecule has 1 aliphatic heterocycles. The zero-order valence-corrected chi connectivity index (χ0v) is 21.9.